The van der Waals surface area contributed by atoms with E-state index in [1.165, 1.54) is 6.07 Å². The summed E-state index contributed by atoms with van der Waals surface area (Å²) in [5, 5.41) is 2.66. The first-order valence-electron chi connectivity index (χ1n) is 5.43. The minimum absolute atomic E-state index is 0.0616. The Hall–Kier alpha value is -1.45. The number of nitrogens with one attached hydrogen (secondary N) is 1. The van der Waals surface area contributed by atoms with Crippen LogP contribution in [0.3, 0.4) is 0 Å². The van der Waals surface area contributed by atoms with Crippen molar-refractivity contribution in [3.05, 3.63) is 35.4 Å². The van der Waals surface area contributed by atoms with E-state index in [0.717, 1.165) is 37.8 Å². The third-order valence-electron chi connectivity index (χ3n) is 2.88. The zero-order valence-electron chi connectivity index (χ0n) is 8.80. The molecule has 4 heteroatoms. The van der Waals surface area contributed by atoms with Crippen LogP contribution in [0.2, 0.25) is 0 Å². The number of amides is 1. The van der Waals surface area contributed by atoms with Gasteiger partial charge in [0.15, 0.2) is 0 Å². The first-order valence-corrected chi connectivity index (χ1v) is 5.43. The summed E-state index contributed by atoms with van der Waals surface area (Å²) in [5.41, 5.74) is -0.477. The molecule has 1 aromatic carbocycles. The van der Waals surface area contributed by atoms with Crippen LogP contribution in [0.25, 0.3) is 0 Å². The fourth-order valence-corrected chi connectivity index (χ4v) is 2.04. The third-order valence-corrected chi connectivity index (χ3v) is 2.88. The lowest BCUT2D eigenvalue weighted by atomic mass is 10.1. The molecule has 1 N–H and O–H groups in total. The highest BCUT2D eigenvalue weighted by Gasteiger charge is 2.22. The molecular formula is C12H13F2NO. The van der Waals surface area contributed by atoms with Gasteiger partial charge in [0.2, 0.25) is 0 Å². The fraction of sp³-hybridized carbons (Fsp3) is 0.417. The maximum atomic E-state index is 13.3. The number of halogens is 2. The predicted octanol–water partition coefficient (Wildman–Crippen LogP) is 2.64. The predicted molar refractivity (Wildman–Crippen MR) is 56.1 cm³/mol. The van der Waals surface area contributed by atoms with Crippen LogP contribution in [0.15, 0.2) is 18.2 Å². The monoisotopic (exact) mass is 225 g/mol. The molecule has 0 heterocycles. The van der Waals surface area contributed by atoms with Gasteiger partial charge in [-0.1, -0.05) is 18.9 Å². The summed E-state index contributed by atoms with van der Waals surface area (Å²) in [7, 11) is 0. The summed E-state index contributed by atoms with van der Waals surface area (Å²) < 4.78 is 26.5. The smallest absolute Gasteiger partial charge is 0.257 e. The van der Waals surface area contributed by atoms with Gasteiger partial charge in [-0.2, -0.15) is 0 Å². The Bertz CT molecular complexity index is 380. The van der Waals surface area contributed by atoms with E-state index in [0.29, 0.717) is 0 Å². The van der Waals surface area contributed by atoms with Gasteiger partial charge in [0.25, 0.3) is 5.91 Å². The van der Waals surface area contributed by atoms with Gasteiger partial charge in [-0.25, -0.2) is 8.78 Å². The van der Waals surface area contributed by atoms with E-state index in [1.807, 2.05) is 0 Å². The van der Waals surface area contributed by atoms with Gasteiger partial charge < -0.3 is 5.32 Å². The van der Waals surface area contributed by atoms with Gasteiger partial charge in [0.05, 0.1) is 0 Å². The summed E-state index contributed by atoms with van der Waals surface area (Å²) >= 11 is 0. The van der Waals surface area contributed by atoms with E-state index >= 15 is 0 Å². The van der Waals surface area contributed by atoms with Crippen molar-refractivity contribution < 1.29 is 13.6 Å². The van der Waals surface area contributed by atoms with Gasteiger partial charge >= 0.3 is 0 Å². The van der Waals surface area contributed by atoms with E-state index in [1.54, 1.807) is 0 Å². The Morgan fingerprint density at radius 1 is 1.19 bits per heavy atom. The minimum Gasteiger partial charge on any atom is -0.349 e. The van der Waals surface area contributed by atoms with Crippen LogP contribution in [0.1, 0.15) is 36.0 Å². The van der Waals surface area contributed by atoms with Gasteiger partial charge in [0.1, 0.15) is 17.2 Å². The molecule has 0 atom stereocenters. The van der Waals surface area contributed by atoms with Crippen LogP contribution in [-0.4, -0.2) is 11.9 Å². The molecule has 2 rings (SSSR count). The van der Waals surface area contributed by atoms with E-state index < -0.39 is 23.1 Å². The first kappa shape index (κ1) is 11.0. The standard InChI is InChI=1S/C12H13F2NO/c13-9-6-3-7-10(14)11(9)12(16)15-8-4-1-2-5-8/h3,6-8H,1-2,4-5H2,(H,15,16). The quantitative estimate of drug-likeness (QED) is 0.823. The molecule has 0 aromatic heterocycles. The second-order valence-electron chi connectivity index (χ2n) is 4.05. The molecular weight excluding hydrogens is 212 g/mol. The lowest BCUT2D eigenvalue weighted by molar-refractivity contribution is 0.0929. The molecule has 1 aromatic rings. The van der Waals surface area contributed by atoms with E-state index in [9.17, 15) is 13.6 Å². The molecule has 1 aliphatic rings. The van der Waals surface area contributed by atoms with Crippen LogP contribution in [0.4, 0.5) is 8.78 Å². The molecule has 0 unspecified atom stereocenters. The second-order valence-corrected chi connectivity index (χ2v) is 4.05. The van der Waals surface area contributed by atoms with Crippen LogP contribution in [-0.2, 0) is 0 Å². The third kappa shape index (κ3) is 2.21. The summed E-state index contributed by atoms with van der Waals surface area (Å²) in [6.45, 7) is 0. The van der Waals surface area contributed by atoms with Crippen molar-refractivity contribution in [2.24, 2.45) is 0 Å². The highest BCUT2D eigenvalue weighted by atomic mass is 19.1. The Morgan fingerprint density at radius 2 is 1.75 bits per heavy atom. The molecule has 1 fully saturated rings. The number of hydrogen-bond acceptors (Lipinski definition) is 1. The minimum atomic E-state index is -0.810. The maximum absolute atomic E-state index is 13.3. The highest BCUT2D eigenvalue weighted by molar-refractivity contribution is 5.94. The second kappa shape index (κ2) is 4.60. The molecule has 1 amide bonds. The van der Waals surface area contributed by atoms with Gasteiger partial charge in [-0.3, -0.25) is 4.79 Å². The Balaban J connectivity index is 2.13. The molecule has 16 heavy (non-hydrogen) atoms. The van der Waals surface area contributed by atoms with Crippen molar-refractivity contribution in [3.63, 3.8) is 0 Å². The van der Waals surface area contributed by atoms with E-state index in [2.05, 4.69) is 5.32 Å². The molecule has 0 aliphatic heterocycles. The van der Waals surface area contributed by atoms with Crippen LogP contribution < -0.4 is 5.32 Å². The summed E-state index contributed by atoms with van der Waals surface area (Å²) in [4.78, 5) is 11.7. The molecule has 1 aliphatic carbocycles. The molecule has 0 radical (unpaired) electrons. The number of carbonyl (C=O) groups excluding carboxylic acids is 1. The maximum Gasteiger partial charge on any atom is 0.257 e. The van der Waals surface area contributed by atoms with Crippen molar-refractivity contribution in [1.29, 1.82) is 0 Å². The molecule has 1 saturated carbocycles. The Morgan fingerprint density at radius 3 is 2.31 bits per heavy atom. The van der Waals surface area contributed by atoms with Crippen LogP contribution >= 0.6 is 0 Å². The topological polar surface area (TPSA) is 29.1 Å². The van der Waals surface area contributed by atoms with Crippen molar-refractivity contribution in [2.45, 2.75) is 31.7 Å². The molecule has 2 nitrogen and oxygen atoms in total. The van der Waals surface area contributed by atoms with Crippen molar-refractivity contribution >= 4 is 5.91 Å². The van der Waals surface area contributed by atoms with E-state index in [-0.39, 0.29) is 6.04 Å². The average Bonchev–Trinajstić information content (AvgIpc) is 2.70. The van der Waals surface area contributed by atoms with Gasteiger partial charge in [0, 0.05) is 6.04 Å². The van der Waals surface area contributed by atoms with Crippen molar-refractivity contribution in [1.82, 2.24) is 5.32 Å². The number of hydrogen-bond donors (Lipinski definition) is 1. The van der Waals surface area contributed by atoms with Gasteiger partial charge in [-0.15, -0.1) is 0 Å². The Kier molecular flexibility index (Phi) is 3.17. The van der Waals surface area contributed by atoms with E-state index in [4.69, 9.17) is 0 Å². The molecule has 0 bridgehead atoms. The van der Waals surface area contributed by atoms with Crippen LogP contribution in [0, 0.1) is 11.6 Å². The van der Waals surface area contributed by atoms with Crippen LogP contribution in [0.5, 0.6) is 0 Å². The van der Waals surface area contributed by atoms with Crippen molar-refractivity contribution in [2.75, 3.05) is 0 Å². The Labute approximate surface area is 92.7 Å². The summed E-state index contributed by atoms with van der Waals surface area (Å²) in [6, 6.07) is 3.49. The highest BCUT2D eigenvalue weighted by Crippen LogP contribution is 2.19. The lowest BCUT2D eigenvalue weighted by Crippen LogP contribution is -2.33. The number of benzene rings is 1. The zero-order chi connectivity index (χ0) is 11.5. The zero-order valence-corrected chi connectivity index (χ0v) is 8.80. The lowest BCUT2D eigenvalue weighted by Gasteiger charge is -2.12. The molecule has 86 valence electrons. The number of carbonyl (C=O) groups is 1. The number of rotatable bonds is 2. The largest absolute Gasteiger partial charge is 0.349 e. The summed E-state index contributed by atoms with van der Waals surface area (Å²) in [5.74, 6) is -2.27. The molecule has 0 spiro atoms. The SMILES string of the molecule is O=C(NC1CCCC1)c1c(F)cccc1F. The normalized spacial score (nSPS) is 16.4. The first-order chi connectivity index (χ1) is 7.68. The molecule has 0 saturated heterocycles. The van der Waals surface area contributed by atoms with Crippen molar-refractivity contribution in [3.8, 4) is 0 Å². The summed E-state index contributed by atoms with van der Waals surface area (Å²) in [6.07, 6.45) is 3.90. The average molecular weight is 225 g/mol. The van der Waals surface area contributed by atoms with Gasteiger partial charge in [-0.05, 0) is 25.0 Å². The fourth-order valence-electron chi connectivity index (χ4n) is 2.04.